The molecule has 7 nitrogen and oxygen atoms in total. The van der Waals surface area contributed by atoms with Gasteiger partial charge < -0.3 is 19.1 Å². The number of aromatic nitrogens is 2. The van der Waals surface area contributed by atoms with Crippen molar-refractivity contribution in [2.45, 2.75) is 32.2 Å². The van der Waals surface area contributed by atoms with E-state index in [2.05, 4.69) is 11.6 Å². The highest BCUT2D eigenvalue weighted by molar-refractivity contribution is 6.40. The van der Waals surface area contributed by atoms with Crippen molar-refractivity contribution >= 4 is 40.0 Å². The third kappa shape index (κ3) is 6.12. The third-order valence-corrected chi connectivity index (χ3v) is 7.74. The largest absolute Gasteiger partial charge is 0.495 e. The number of hydrogen-bond donors (Lipinski definition) is 0. The number of rotatable bonds is 11. The Balaban J connectivity index is 1.54. The minimum atomic E-state index is -0.0825. The van der Waals surface area contributed by atoms with Gasteiger partial charge in [-0.3, -0.25) is 4.79 Å². The van der Waals surface area contributed by atoms with Crippen molar-refractivity contribution in [2.75, 3.05) is 40.6 Å². The number of hydrogen-bond acceptors (Lipinski definition) is 6. The van der Waals surface area contributed by atoms with E-state index in [1.165, 1.54) is 6.08 Å². The Hall–Kier alpha value is -2.71. The Kier molecular flexibility index (Phi) is 9.60. The first-order valence-electron chi connectivity index (χ1n) is 12.7. The normalized spacial score (nSPS) is 17.2. The topological polar surface area (TPSA) is 73.8 Å². The van der Waals surface area contributed by atoms with E-state index in [9.17, 15) is 4.79 Å². The molecule has 1 saturated heterocycles. The lowest BCUT2D eigenvalue weighted by atomic mass is 9.99. The van der Waals surface area contributed by atoms with Gasteiger partial charge in [0.1, 0.15) is 11.6 Å². The van der Waals surface area contributed by atoms with Crippen LogP contribution in [0.2, 0.25) is 10.0 Å². The number of carbonyl (C=O) groups is 1. The van der Waals surface area contributed by atoms with Crippen molar-refractivity contribution in [3.05, 3.63) is 64.6 Å². The van der Waals surface area contributed by atoms with E-state index in [0.29, 0.717) is 48.6 Å². The molecule has 38 heavy (non-hydrogen) atoms. The van der Waals surface area contributed by atoms with Crippen molar-refractivity contribution in [3.63, 3.8) is 0 Å². The predicted octanol–water partition coefficient (Wildman–Crippen LogP) is 5.78. The molecule has 0 radical (unpaired) electrons. The second-order valence-electron chi connectivity index (χ2n) is 9.38. The van der Waals surface area contributed by atoms with Gasteiger partial charge in [0.15, 0.2) is 0 Å². The molecule has 202 valence electrons. The number of halogens is 2. The lowest BCUT2D eigenvalue weighted by Gasteiger charge is -2.23. The summed E-state index contributed by atoms with van der Waals surface area (Å²) < 4.78 is 16.2. The quantitative estimate of drug-likeness (QED) is 0.219. The van der Waals surface area contributed by atoms with Gasteiger partial charge in [-0.1, -0.05) is 42.8 Å². The number of aryl methyl sites for hydroxylation is 1. The van der Waals surface area contributed by atoms with Crippen LogP contribution in [0.25, 0.3) is 22.0 Å². The fourth-order valence-corrected chi connectivity index (χ4v) is 5.75. The number of likely N-dealkylation sites (tertiary alicyclic amines) is 1. The molecule has 0 aliphatic carbocycles. The van der Waals surface area contributed by atoms with Crippen molar-refractivity contribution in [2.24, 2.45) is 5.92 Å². The maximum atomic E-state index is 12.4. The average Bonchev–Trinajstić information content (AvgIpc) is 3.33. The molecule has 2 aromatic carbocycles. The van der Waals surface area contributed by atoms with Crippen LogP contribution < -0.4 is 4.74 Å². The van der Waals surface area contributed by atoms with Crippen LogP contribution in [0.1, 0.15) is 24.7 Å². The third-order valence-electron chi connectivity index (χ3n) is 6.93. The summed E-state index contributed by atoms with van der Waals surface area (Å²) in [5.74, 6) is 1.49. The van der Waals surface area contributed by atoms with E-state index in [1.807, 2.05) is 42.3 Å². The van der Waals surface area contributed by atoms with Crippen LogP contribution in [-0.2, 0) is 27.1 Å². The van der Waals surface area contributed by atoms with E-state index in [1.54, 1.807) is 14.2 Å². The second-order valence-corrected chi connectivity index (χ2v) is 10.1. The van der Waals surface area contributed by atoms with Crippen LogP contribution in [-0.4, -0.2) is 67.4 Å². The Morgan fingerprint density at radius 2 is 2.03 bits per heavy atom. The molecule has 9 heteroatoms. The van der Waals surface area contributed by atoms with Gasteiger partial charge >= 0.3 is 0 Å². The fraction of sp³-hybridized carbons (Fsp3) is 0.414. The first-order valence-corrected chi connectivity index (χ1v) is 13.5. The zero-order valence-corrected chi connectivity index (χ0v) is 23.5. The standard InChI is InChI=1S/C29H33Cl2N3O4/c1-5-19-14-24(37-4)29(31)27(28(19)30)20-7-8-23-21(13-20)15-32-25(33-23)12-18-11-22(17-38-10-9-36-3)34(16-18)26(35)6-2/h6-8,13-15,18,22H,2,5,9-12,16-17H2,1,3-4H3/t18-,22+/m1/s1. The van der Waals surface area contributed by atoms with Gasteiger partial charge in [0.2, 0.25) is 5.91 Å². The molecule has 0 saturated carbocycles. The zero-order chi connectivity index (χ0) is 27.2. The molecule has 1 aliphatic heterocycles. The van der Waals surface area contributed by atoms with Crippen molar-refractivity contribution < 1.29 is 19.0 Å². The Bertz CT molecular complexity index is 1290. The lowest BCUT2D eigenvalue weighted by molar-refractivity contribution is -0.128. The van der Waals surface area contributed by atoms with Crippen LogP contribution in [0.15, 0.2) is 43.1 Å². The maximum absolute atomic E-state index is 12.4. The zero-order valence-electron chi connectivity index (χ0n) is 22.0. The minimum Gasteiger partial charge on any atom is -0.495 e. The van der Waals surface area contributed by atoms with E-state index in [-0.39, 0.29) is 17.9 Å². The summed E-state index contributed by atoms with van der Waals surface area (Å²) in [4.78, 5) is 23.7. The van der Waals surface area contributed by atoms with E-state index < -0.39 is 0 Å². The first kappa shape index (κ1) is 28.3. The van der Waals surface area contributed by atoms with Crippen molar-refractivity contribution in [3.8, 4) is 16.9 Å². The number of benzene rings is 2. The maximum Gasteiger partial charge on any atom is 0.246 e. The highest BCUT2D eigenvalue weighted by Crippen LogP contribution is 2.43. The van der Waals surface area contributed by atoms with Gasteiger partial charge in [-0.25, -0.2) is 9.97 Å². The van der Waals surface area contributed by atoms with Crippen LogP contribution in [0.3, 0.4) is 0 Å². The molecule has 0 unspecified atom stereocenters. The molecule has 0 N–H and O–H groups in total. The molecule has 3 aromatic rings. The van der Waals surface area contributed by atoms with Crippen molar-refractivity contribution in [1.82, 2.24) is 14.9 Å². The summed E-state index contributed by atoms with van der Waals surface area (Å²) in [6.07, 6.45) is 5.44. The summed E-state index contributed by atoms with van der Waals surface area (Å²) in [6, 6.07) is 7.81. The minimum absolute atomic E-state index is 0.00394. The number of carbonyl (C=O) groups excluding carboxylic acids is 1. The molecular formula is C29H33Cl2N3O4. The molecular weight excluding hydrogens is 525 g/mol. The monoisotopic (exact) mass is 557 g/mol. The van der Waals surface area contributed by atoms with E-state index in [0.717, 1.165) is 46.3 Å². The molecule has 4 rings (SSSR count). The van der Waals surface area contributed by atoms with Crippen LogP contribution in [0.4, 0.5) is 0 Å². The number of nitrogens with zero attached hydrogens (tertiary/aromatic N) is 3. The van der Waals surface area contributed by atoms with E-state index >= 15 is 0 Å². The second kappa shape index (κ2) is 12.9. The summed E-state index contributed by atoms with van der Waals surface area (Å²) in [7, 11) is 3.24. The molecule has 1 aliphatic rings. The lowest BCUT2D eigenvalue weighted by Crippen LogP contribution is -2.37. The Morgan fingerprint density at radius 1 is 1.21 bits per heavy atom. The molecule has 1 aromatic heterocycles. The highest BCUT2D eigenvalue weighted by atomic mass is 35.5. The molecule has 1 fully saturated rings. The van der Waals surface area contributed by atoms with Gasteiger partial charge in [0.25, 0.3) is 0 Å². The number of fused-ring (bicyclic) bond motifs is 1. The SMILES string of the molecule is C=CC(=O)N1C[C@@H](Cc2ncc3cc(-c4c(Cl)c(CC)cc(OC)c4Cl)ccc3n2)C[C@H]1COCCOC. The fourth-order valence-electron chi connectivity index (χ4n) is 4.98. The van der Waals surface area contributed by atoms with Gasteiger partial charge in [-0.05, 0) is 54.2 Å². The van der Waals surface area contributed by atoms with Gasteiger partial charge in [0.05, 0.1) is 48.5 Å². The van der Waals surface area contributed by atoms with Gasteiger partial charge in [-0.2, -0.15) is 0 Å². The molecule has 0 spiro atoms. The number of ether oxygens (including phenoxy) is 3. The van der Waals surface area contributed by atoms with Crippen molar-refractivity contribution in [1.29, 1.82) is 0 Å². The smallest absolute Gasteiger partial charge is 0.246 e. The van der Waals surface area contributed by atoms with Gasteiger partial charge in [-0.15, -0.1) is 0 Å². The average molecular weight is 559 g/mol. The Labute approximate surface area is 233 Å². The summed E-state index contributed by atoms with van der Waals surface area (Å²) in [5.41, 5.74) is 3.42. The van der Waals surface area contributed by atoms with Gasteiger partial charge in [0, 0.05) is 37.2 Å². The number of methoxy groups -OCH3 is 2. The summed E-state index contributed by atoms with van der Waals surface area (Å²) in [5, 5.41) is 1.99. The molecule has 0 bridgehead atoms. The Morgan fingerprint density at radius 3 is 2.74 bits per heavy atom. The summed E-state index contributed by atoms with van der Waals surface area (Å²) >= 11 is 13.4. The predicted molar refractivity (Wildman–Crippen MR) is 151 cm³/mol. The highest BCUT2D eigenvalue weighted by Gasteiger charge is 2.34. The van der Waals surface area contributed by atoms with Crippen LogP contribution in [0.5, 0.6) is 5.75 Å². The number of amides is 1. The van der Waals surface area contributed by atoms with E-state index in [4.69, 9.17) is 42.4 Å². The molecule has 1 amide bonds. The van der Waals surface area contributed by atoms with Crippen LogP contribution >= 0.6 is 23.2 Å². The first-order chi connectivity index (χ1) is 18.4. The summed E-state index contributed by atoms with van der Waals surface area (Å²) in [6.45, 7) is 7.80. The molecule has 2 heterocycles. The van der Waals surface area contributed by atoms with Crippen LogP contribution in [0, 0.1) is 5.92 Å². The molecule has 2 atom stereocenters.